The Morgan fingerprint density at radius 2 is 0.949 bits per heavy atom. The lowest BCUT2D eigenvalue weighted by Crippen LogP contribution is -2.39. The number of nitrogens with one attached hydrogen (secondary N) is 2. The third kappa shape index (κ3) is 19.0. The Bertz CT molecular complexity index is 1870. The van der Waals surface area contributed by atoms with Gasteiger partial charge in [0, 0.05) is 38.1 Å². The van der Waals surface area contributed by atoms with Crippen molar-refractivity contribution in [2.24, 2.45) is 11.8 Å². The van der Waals surface area contributed by atoms with Crippen molar-refractivity contribution in [3.8, 4) is 22.3 Å². The summed E-state index contributed by atoms with van der Waals surface area (Å²) in [5.74, 6) is -2.92. The molecule has 0 saturated carbocycles. The van der Waals surface area contributed by atoms with Gasteiger partial charge in [-0.15, -0.1) is 0 Å². The number of carboxylic acids is 2. The molecule has 0 aliphatic rings. The van der Waals surface area contributed by atoms with Crippen molar-refractivity contribution >= 4 is 29.7 Å². The fourth-order valence-corrected chi connectivity index (χ4v) is 6.60. The number of hydrogen-bond acceptors (Lipinski definition) is 7. The van der Waals surface area contributed by atoms with Crippen LogP contribution in [0, 0.1) is 11.8 Å². The standard InChI is InChI=1S/C24H29NO5.C24H31NO4/c1-3-30-24(29)17(2)15-21(25-22(26)13-14-23(27)28)16-18-9-11-20(12-10-18)19-7-5-4-6-8-19;1-3-29-17-18(2)15-22(25-23(26)13-14-24(27)28)16-19-9-11-21(12-10-19)20-7-5-4-6-8-20/h4-12,17,21H,3,13-16H2,1-2H3,(H,25,26)(H,27,28);4-12,18,22H,3,13-17H2,1-2H3,(H,25,26)(H,27,28). The Hall–Kier alpha value is -5.81. The molecule has 0 aliphatic heterocycles. The van der Waals surface area contributed by atoms with Crippen molar-refractivity contribution in [3.05, 3.63) is 120 Å². The normalized spacial score (nSPS) is 12.7. The van der Waals surface area contributed by atoms with Crippen LogP contribution in [0.3, 0.4) is 0 Å². The van der Waals surface area contributed by atoms with Crippen molar-refractivity contribution in [1.82, 2.24) is 10.6 Å². The molecule has 4 N–H and O–H groups in total. The average Bonchev–Trinajstić information content (AvgIpc) is 3.23. The number of hydrogen-bond donors (Lipinski definition) is 4. The van der Waals surface area contributed by atoms with E-state index in [9.17, 15) is 24.0 Å². The summed E-state index contributed by atoms with van der Waals surface area (Å²) >= 11 is 0. The van der Waals surface area contributed by atoms with Gasteiger partial charge in [-0.25, -0.2) is 0 Å². The average molecular weight is 809 g/mol. The van der Waals surface area contributed by atoms with Crippen molar-refractivity contribution in [1.29, 1.82) is 0 Å². The first-order valence-electron chi connectivity index (χ1n) is 20.4. The van der Waals surface area contributed by atoms with Crippen LogP contribution in [-0.4, -0.2) is 71.8 Å². The van der Waals surface area contributed by atoms with Crippen LogP contribution in [0.1, 0.15) is 77.3 Å². The summed E-state index contributed by atoms with van der Waals surface area (Å²) < 4.78 is 10.6. The Labute approximate surface area is 348 Å². The molecule has 4 atom stereocenters. The molecule has 0 fully saturated rings. The second-order valence-corrected chi connectivity index (χ2v) is 14.7. The third-order valence-corrected chi connectivity index (χ3v) is 9.57. The summed E-state index contributed by atoms with van der Waals surface area (Å²) in [5.41, 5.74) is 6.70. The lowest BCUT2D eigenvalue weighted by molar-refractivity contribution is -0.148. The highest BCUT2D eigenvalue weighted by molar-refractivity contribution is 5.81. The smallest absolute Gasteiger partial charge is 0.308 e. The topological polar surface area (TPSA) is 168 Å². The van der Waals surface area contributed by atoms with Crippen molar-refractivity contribution in [2.45, 2.75) is 91.1 Å². The summed E-state index contributed by atoms with van der Waals surface area (Å²) in [4.78, 5) is 57.8. The SMILES string of the molecule is CCOC(=O)C(C)CC(Cc1ccc(-c2ccccc2)cc1)NC(=O)CCC(=O)O.CCOCC(C)CC(Cc1ccc(-c2ccccc2)cc1)NC(=O)CCC(=O)O. The van der Waals surface area contributed by atoms with Gasteiger partial charge in [-0.05, 0) is 78.8 Å². The van der Waals surface area contributed by atoms with E-state index in [1.165, 1.54) is 5.56 Å². The van der Waals surface area contributed by atoms with Crippen LogP contribution in [0.2, 0.25) is 0 Å². The van der Waals surface area contributed by atoms with Gasteiger partial charge < -0.3 is 30.3 Å². The van der Waals surface area contributed by atoms with Gasteiger partial charge >= 0.3 is 17.9 Å². The highest BCUT2D eigenvalue weighted by atomic mass is 16.5. The second kappa shape index (κ2) is 26.2. The molecule has 4 aromatic carbocycles. The first kappa shape index (κ1) is 47.6. The van der Waals surface area contributed by atoms with Gasteiger partial charge in [-0.3, -0.25) is 24.0 Å². The van der Waals surface area contributed by atoms with Crippen molar-refractivity contribution in [2.75, 3.05) is 19.8 Å². The van der Waals surface area contributed by atoms with Gasteiger partial charge in [0.15, 0.2) is 0 Å². The fourth-order valence-electron chi connectivity index (χ4n) is 6.60. The first-order chi connectivity index (χ1) is 28.4. The van der Waals surface area contributed by atoms with Crippen LogP contribution in [0.15, 0.2) is 109 Å². The largest absolute Gasteiger partial charge is 0.481 e. The third-order valence-electron chi connectivity index (χ3n) is 9.57. The molecule has 0 aromatic heterocycles. The highest BCUT2D eigenvalue weighted by Gasteiger charge is 2.22. The molecule has 316 valence electrons. The van der Waals surface area contributed by atoms with E-state index in [1.54, 1.807) is 13.8 Å². The van der Waals surface area contributed by atoms with Crippen LogP contribution < -0.4 is 10.6 Å². The maximum atomic E-state index is 12.2. The predicted octanol–water partition coefficient (Wildman–Crippen LogP) is 8.14. The van der Waals surface area contributed by atoms with Gasteiger partial charge in [0.2, 0.25) is 11.8 Å². The van der Waals surface area contributed by atoms with Gasteiger partial charge in [0.1, 0.15) is 0 Å². The lowest BCUT2D eigenvalue weighted by atomic mass is 9.94. The molecule has 11 heteroatoms. The second-order valence-electron chi connectivity index (χ2n) is 14.7. The summed E-state index contributed by atoms with van der Waals surface area (Å²) in [5, 5.41) is 23.5. The molecule has 0 aliphatic carbocycles. The Kier molecular flexibility index (Phi) is 21.2. The molecule has 0 bridgehead atoms. The molecule has 4 unspecified atom stereocenters. The molecule has 2 amide bonds. The molecular weight excluding hydrogens is 749 g/mol. The van der Waals surface area contributed by atoms with E-state index in [0.717, 1.165) is 34.2 Å². The molecule has 4 aromatic rings. The van der Waals surface area contributed by atoms with E-state index in [4.69, 9.17) is 19.7 Å². The number of carbonyl (C=O) groups excluding carboxylic acids is 3. The minimum absolute atomic E-state index is 0.00137. The van der Waals surface area contributed by atoms with Gasteiger partial charge in [0.05, 0.1) is 25.4 Å². The van der Waals surface area contributed by atoms with Crippen LogP contribution in [0.25, 0.3) is 22.3 Å². The Balaban J connectivity index is 0.000000316. The number of aliphatic carboxylic acids is 2. The maximum Gasteiger partial charge on any atom is 0.308 e. The zero-order valence-electron chi connectivity index (χ0n) is 34.7. The van der Waals surface area contributed by atoms with Gasteiger partial charge in [0.25, 0.3) is 0 Å². The Morgan fingerprint density at radius 3 is 1.34 bits per heavy atom. The number of carbonyl (C=O) groups is 5. The molecule has 11 nitrogen and oxygen atoms in total. The molecule has 4 rings (SSSR count). The monoisotopic (exact) mass is 808 g/mol. The number of carboxylic acid groups (broad SMARTS) is 2. The van der Waals surface area contributed by atoms with Gasteiger partial charge in [-0.1, -0.05) is 123 Å². The number of ether oxygens (including phenoxy) is 2. The summed E-state index contributed by atoms with van der Waals surface area (Å²) in [6.07, 6.45) is 1.96. The summed E-state index contributed by atoms with van der Waals surface area (Å²) in [6.45, 7) is 9.21. The maximum absolute atomic E-state index is 12.2. The van der Waals surface area contributed by atoms with Crippen molar-refractivity contribution < 1.29 is 43.7 Å². The van der Waals surface area contributed by atoms with Crippen LogP contribution in [0.5, 0.6) is 0 Å². The molecule has 0 heterocycles. The number of amides is 2. The molecule has 59 heavy (non-hydrogen) atoms. The number of benzene rings is 4. The quantitative estimate of drug-likeness (QED) is 0.0541. The molecule has 0 saturated heterocycles. The fraction of sp³-hybridized carbons (Fsp3) is 0.396. The minimum Gasteiger partial charge on any atom is -0.481 e. The first-order valence-corrected chi connectivity index (χ1v) is 20.4. The minimum atomic E-state index is -1.02. The number of rotatable bonds is 23. The van der Waals surface area contributed by atoms with E-state index >= 15 is 0 Å². The molecule has 0 spiro atoms. The van der Waals surface area contributed by atoms with Crippen LogP contribution in [-0.2, 0) is 46.3 Å². The summed E-state index contributed by atoms with van der Waals surface area (Å²) in [7, 11) is 0. The van der Waals surface area contributed by atoms with Crippen LogP contribution in [0.4, 0.5) is 0 Å². The van der Waals surface area contributed by atoms with E-state index in [0.29, 0.717) is 45.0 Å². The van der Waals surface area contributed by atoms with Crippen molar-refractivity contribution in [3.63, 3.8) is 0 Å². The van der Waals surface area contributed by atoms with Crippen LogP contribution >= 0.6 is 0 Å². The Morgan fingerprint density at radius 1 is 0.542 bits per heavy atom. The van der Waals surface area contributed by atoms with E-state index in [-0.39, 0.29) is 61.5 Å². The zero-order chi connectivity index (χ0) is 43.0. The van der Waals surface area contributed by atoms with E-state index < -0.39 is 11.9 Å². The summed E-state index contributed by atoms with van der Waals surface area (Å²) in [6, 6.07) is 36.3. The predicted molar refractivity (Wildman–Crippen MR) is 229 cm³/mol. The zero-order valence-corrected chi connectivity index (χ0v) is 34.7. The molecule has 0 radical (unpaired) electrons. The van der Waals surface area contributed by atoms with Gasteiger partial charge in [-0.2, -0.15) is 0 Å². The highest BCUT2D eigenvalue weighted by Crippen LogP contribution is 2.22. The van der Waals surface area contributed by atoms with E-state index in [2.05, 4.69) is 54.0 Å². The number of esters is 1. The van der Waals surface area contributed by atoms with E-state index in [1.807, 2.05) is 79.7 Å². The lowest BCUT2D eigenvalue weighted by Gasteiger charge is -2.22. The molecular formula is C48H60N2O9.